The summed E-state index contributed by atoms with van der Waals surface area (Å²) in [5, 5.41) is 3.84. The first-order valence-electron chi connectivity index (χ1n) is 9.03. The second-order valence-electron chi connectivity index (χ2n) is 6.69. The molecule has 0 spiro atoms. The fourth-order valence-corrected chi connectivity index (χ4v) is 3.71. The third kappa shape index (κ3) is 6.79. The highest BCUT2D eigenvalue weighted by Crippen LogP contribution is 2.35. The molecule has 1 saturated carbocycles. The molecule has 0 aromatic heterocycles. The molecule has 0 bridgehead atoms. The van der Waals surface area contributed by atoms with Crippen molar-refractivity contribution in [2.75, 3.05) is 6.54 Å². The van der Waals surface area contributed by atoms with Gasteiger partial charge in [0.05, 0.1) is 0 Å². The summed E-state index contributed by atoms with van der Waals surface area (Å²) in [6, 6.07) is 0.809. The third-order valence-electron chi connectivity index (χ3n) is 4.97. The van der Waals surface area contributed by atoms with Gasteiger partial charge >= 0.3 is 0 Å². The van der Waals surface area contributed by atoms with E-state index in [0.717, 1.165) is 17.9 Å². The first-order valence-corrected chi connectivity index (χ1v) is 9.03. The Balaban J connectivity index is 2.21. The Bertz CT molecular complexity index is 202. The molecular formula is C18H37N. The van der Waals surface area contributed by atoms with Crippen LogP contribution in [0.1, 0.15) is 91.4 Å². The van der Waals surface area contributed by atoms with Gasteiger partial charge in [0, 0.05) is 6.04 Å². The summed E-state index contributed by atoms with van der Waals surface area (Å²) in [5.41, 5.74) is 0. The fourth-order valence-electron chi connectivity index (χ4n) is 3.71. The lowest BCUT2D eigenvalue weighted by molar-refractivity contribution is 0.277. The second kappa shape index (κ2) is 10.7. The van der Waals surface area contributed by atoms with Crippen LogP contribution in [0, 0.1) is 11.8 Å². The van der Waals surface area contributed by atoms with E-state index >= 15 is 0 Å². The maximum atomic E-state index is 3.84. The van der Waals surface area contributed by atoms with E-state index in [1.165, 1.54) is 77.2 Å². The molecule has 3 unspecified atom stereocenters. The zero-order chi connectivity index (χ0) is 13.9. The van der Waals surface area contributed by atoms with Crippen LogP contribution < -0.4 is 5.32 Å². The Morgan fingerprint density at radius 1 is 0.947 bits per heavy atom. The fraction of sp³-hybridized carbons (Fsp3) is 1.00. The average Bonchev–Trinajstić information content (AvgIpc) is 2.83. The first kappa shape index (κ1) is 17.0. The van der Waals surface area contributed by atoms with Crippen molar-refractivity contribution in [3.63, 3.8) is 0 Å². The van der Waals surface area contributed by atoms with Gasteiger partial charge in [-0.1, -0.05) is 72.1 Å². The number of hydrogen-bond acceptors (Lipinski definition) is 1. The highest BCUT2D eigenvalue weighted by molar-refractivity contribution is 4.84. The maximum Gasteiger partial charge on any atom is 0.00978 e. The van der Waals surface area contributed by atoms with E-state index in [0.29, 0.717) is 0 Å². The standard InChI is InChI=1S/C18H37N/c1-4-6-7-8-9-10-14-18(19-15-5-2)17-13-11-12-16(17)3/h16-19H,4-15H2,1-3H3. The summed E-state index contributed by atoms with van der Waals surface area (Å²) in [7, 11) is 0. The molecule has 0 aromatic rings. The molecule has 0 saturated heterocycles. The summed E-state index contributed by atoms with van der Waals surface area (Å²) >= 11 is 0. The lowest BCUT2D eigenvalue weighted by Crippen LogP contribution is -2.37. The zero-order valence-electron chi connectivity index (χ0n) is 13.7. The molecule has 0 radical (unpaired) electrons. The highest BCUT2D eigenvalue weighted by atomic mass is 14.9. The van der Waals surface area contributed by atoms with Crippen molar-refractivity contribution in [3.8, 4) is 0 Å². The third-order valence-corrected chi connectivity index (χ3v) is 4.97. The van der Waals surface area contributed by atoms with Crippen LogP contribution in [0.4, 0.5) is 0 Å². The molecule has 0 aliphatic heterocycles. The topological polar surface area (TPSA) is 12.0 Å². The van der Waals surface area contributed by atoms with Crippen LogP contribution in [0.15, 0.2) is 0 Å². The molecule has 114 valence electrons. The number of hydrogen-bond donors (Lipinski definition) is 1. The quantitative estimate of drug-likeness (QED) is 0.485. The summed E-state index contributed by atoms with van der Waals surface area (Å²) in [4.78, 5) is 0. The number of rotatable bonds is 11. The SMILES string of the molecule is CCCCCCCCC(NCCC)C1CCCC1C. The minimum atomic E-state index is 0.809. The van der Waals surface area contributed by atoms with Gasteiger partial charge < -0.3 is 5.32 Å². The van der Waals surface area contributed by atoms with Gasteiger partial charge in [-0.15, -0.1) is 0 Å². The van der Waals surface area contributed by atoms with Crippen LogP contribution >= 0.6 is 0 Å². The van der Waals surface area contributed by atoms with Crippen LogP contribution in [0.3, 0.4) is 0 Å². The average molecular weight is 268 g/mol. The Labute approximate surface area is 121 Å². The molecule has 19 heavy (non-hydrogen) atoms. The molecule has 1 aliphatic rings. The predicted molar refractivity (Wildman–Crippen MR) is 86.6 cm³/mol. The van der Waals surface area contributed by atoms with Gasteiger partial charge in [0.15, 0.2) is 0 Å². The summed E-state index contributed by atoms with van der Waals surface area (Å²) in [6.45, 7) is 8.27. The van der Waals surface area contributed by atoms with E-state index in [9.17, 15) is 0 Å². The molecule has 1 nitrogen and oxygen atoms in total. The molecule has 0 amide bonds. The van der Waals surface area contributed by atoms with Crippen molar-refractivity contribution < 1.29 is 0 Å². The van der Waals surface area contributed by atoms with Gasteiger partial charge in [0.2, 0.25) is 0 Å². The Hall–Kier alpha value is -0.0400. The van der Waals surface area contributed by atoms with Crippen molar-refractivity contribution in [1.82, 2.24) is 5.32 Å². The van der Waals surface area contributed by atoms with Gasteiger partial charge in [0.1, 0.15) is 0 Å². The van der Waals surface area contributed by atoms with Crippen LogP contribution in [0.2, 0.25) is 0 Å². The Morgan fingerprint density at radius 2 is 1.68 bits per heavy atom. The van der Waals surface area contributed by atoms with Gasteiger partial charge in [-0.3, -0.25) is 0 Å². The minimum Gasteiger partial charge on any atom is -0.314 e. The van der Waals surface area contributed by atoms with Crippen molar-refractivity contribution in [3.05, 3.63) is 0 Å². The molecule has 1 N–H and O–H groups in total. The van der Waals surface area contributed by atoms with Crippen LogP contribution in [-0.2, 0) is 0 Å². The highest BCUT2D eigenvalue weighted by Gasteiger charge is 2.29. The molecule has 0 aromatic carbocycles. The van der Waals surface area contributed by atoms with Crippen LogP contribution in [0.5, 0.6) is 0 Å². The summed E-state index contributed by atoms with van der Waals surface area (Å²) in [6.07, 6.45) is 15.7. The first-order chi connectivity index (χ1) is 9.29. The molecule has 1 heteroatoms. The van der Waals surface area contributed by atoms with E-state index in [1.54, 1.807) is 0 Å². The maximum absolute atomic E-state index is 3.84. The molecule has 1 rings (SSSR count). The molecule has 1 aliphatic carbocycles. The normalized spacial score (nSPS) is 24.8. The summed E-state index contributed by atoms with van der Waals surface area (Å²) < 4.78 is 0. The Morgan fingerprint density at radius 3 is 2.32 bits per heavy atom. The molecule has 0 heterocycles. The number of nitrogens with one attached hydrogen (secondary N) is 1. The molecule has 3 atom stereocenters. The van der Waals surface area contributed by atoms with Crippen molar-refractivity contribution in [2.45, 2.75) is 97.4 Å². The van der Waals surface area contributed by atoms with Gasteiger partial charge in [-0.05, 0) is 37.6 Å². The predicted octanol–water partition coefficient (Wildman–Crippen LogP) is 5.54. The zero-order valence-corrected chi connectivity index (χ0v) is 13.7. The lowest BCUT2D eigenvalue weighted by atomic mass is 9.87. The smallest absolute Gasteiger partial charge is 0.00978 e. The summed E-state index contributed by atoms with van der Waals surface area (Å²) in [5.74, 6) is 1.91. The van der Waals surface area contributed by atoms with E-state index in [4.69, 9.17) is 0 Å². The van der Waals surface area contributed by atoms with Crippen molar-refractivity contribution in [2.24, 2.45) is 11.8 Å². The molecular weight excluding hydrogens is 230 g/mol. The minimum absolute atomic E-state index is 0.809. The van der Waals surface area contributed by atoms with Gasteiger partial charge in [-0.25, -0.2) is 0 Å². The lowest BCUT2D eigenvalue weighted by Gasteiger charge is -2.28. The second-order valence-corrected chi connectivity index (χ2v) is 6.69. The largest absolute Gasteiger partial charge is 0.314 e. The van der Waals surface area contributed by atoms with Gasteiger partial charge in [-0.2, -0.15) is 0 Å². The van der Waals surface area contributed by atoms with Crippen LogP contribution in [-0.4, -0.2) is 12.6 Å². The Kier molecular flexibility index (Phi) is 9.59. The number of unbranched alkanes of at least 4 members (excludes halogenated alkanes) is 5. The van der Waals surface area contributed by atoms with Crippen molar-refractivity contribution >= 4 is 0 Å². The van der Waals surface area contributed by atoms with Gasteiger partial charge in [0.25, 0.3) is 0 Å². The monoisotopic (exact) mass is 267 g/mol. The van der Waals surface area contributed by atoms with E-state index in [1.807, 2.05) is 0 Å². The molecule has 1 fully saturated rings. The van der Waals surface area contributed by atoms with Crippen molar-refractivity contribution in [1.29, 1.82) is 0 Å². The van der Waals surface area contributed by atoms with E-state index in [-0.39, 0.29) is 0 Å². The van der Waals surface area contributed by atoms with Crippen LogP contribution in [0.25, 0.3) is 0 Å². The van der Waals surface area contributed by atoms with E-state index in [2.05, 4.69) is 26.1 Å². The van der Waals surface area contributed by atoms with E-state index < -0.39 is 0 Å².